The number of carboxylic acid groups (broad SMARTS) is 2. The second-order valence-corrected chi connectivity index (χ2v) is 8.10. The first kappa shape index (κ1) is 38.4. The number of amides is 1. The summed E-state index contributed by atoms with van der Waals surface area (Å²) in [4.78, 5) is 30.2. The Labute approximate surface area is 222 Å². The minimum absolute atomic E-state index is 0.0970. The molecular weight excluding hydrogens is 577 g/mol. The molecule has 1 rings (SSSR count). The summed E-state index contributed by atoms with van der Waals surface area (Å²) < 4.78 is 101. The van der Waals surface area contributed by atoms with E-state index in [2.05, 4.69) is 23.3 Å². The van der Waals surface area contributed by atoms with E-state index in [1.165, 1.54) is 12.1 Å². The van der Waals surface area contributed by atoms with E-state index in [0.29, 0.717) is 17.9 Å². The highest BCUT2D eigenvalue weighted by atomic mass is 32.1. The van der Waals surface area contributed by atoms with Crippen molar-refractivity contribution in [3.63, 3.8) is 0 Å². The Morgan fingerprint density at radius 1 is 0.923 bits per heavy atom. The third kappa shape index (κ3) is 17.5. The number of carbonyl (C=O) groups is 3. The van der Waals surface area contributed by atoms with Crippen LogP contribution in [0.4, 0.5) is 39.5 Å². The number of carboxylic acids is 2. The molecule has 1 amide bonds. The molecule has 0 aromatic heterocycles. The minimum Gasteiger partial charge on any atom is -0.475 e. The normalized spacial score (nSPS) is 14.0. The van der Waals surface area contributed by atoms with E-state index in [4.69, 9.17) is 25.5 Å². The van der Waals surface area contributed by atoms with Crippen LogP contribution in [0.5, 0.6) is 0 Å². The maximum absolute atomic E-state index is 12.6. The lowest BCUT2D eigenvalue weighted by Crippen LogP contribution is -2.51. The number of hydrogen-bond donors (Lipinski definition) is 6. The zero-order valence-electron chi connectivity index (χ0n) is 20.4. The van der Waals surface area contributed by atoms with Gasteiger partial charge in [-0.1, -0.05) is 32.4 Å². The maximum Gasteiger partial charge on any atom is 0.490 e. The van der Waals surface area contributed by atoms with Gasteiger partial charge >= 0.3 is 30.5 Å². The highest BCUT2D eigenvalue weighted by Gasteiger charge is 2.39. The molecular formula is C21H28F9N3O5S. The van der Waals surface area contributed by atoms with Crippen molar-refractivity contribution in [2.75, 3.05) is 12.3 Å². The van der Waals surface area contributed by atoms with Crippen molar-refractivity contribution in [3.8, 4) is 0 Å². The first-order chi connectivity index (χ1) is 17.6. The Balaban J connectivity index is 0. The van der Waals surface area contributed by atoms with Gasteiger partial charge in [-0.05, 0) is 23.6 Å². The molecule has 39 heavy (non-hydrogen) atoms. The molecule has 0 saturated heterocycles. The number of aliphatic carboxylic acids is 2. The summed E-state index contributed by atoms with van der Waals surface area (Å²) in [5.41, 5.74) is 5.72. The quantitative estimate of drug-likeness (QED) is 0.186. The fraction of sp³-hybridized carbons (Fsp3) is 0.571. The van der Waals surface area contributed by atoms with Gasteiger partial charge < -0.3 is 26.6 Å². The van der Waals surface area contributed by atoms with E-state index < -0.39 is 42.1 Å². The van der Waals surface area contributed by atoms with E-state index in [9.17, 15) is 44.3 Å². The predicted molar refractivity (Wildman–Crippen MR) is 124 cm³/mol. The average Bonchev–Trinajstić information content (AvgIpc) is 2.81. The Morgan fingerprint density at radius 3 is 1.64 bits per heavy atom. The maximum atomic E-state index is 12.6. The number of rotatable bonds is 9. The van der Waals surface area contributed by atoms with Crippen molar-refractivity contribution in [2.45, 2.75) is 57.4 Å². The largest absolute Gasteiger partial charge is 0.490 e. The molecule has 18 heteroatoms. The first-order valence-electron chi connectivity index (χ1n) is 10.7. The average molecular weight is 606 g/mol. The summed E-state index contributed by atoms with van der Waals surface area (Å²) in [5, 5.41) is 20.2. The zero-order chi connectivity index (χ0) is 31.2. The van der Waals surface area contributed by atoms with E-state index in [1.54, 1.807) is 0 Å². The van der Waals surface area contributed by atoms with Gasteiger partial charge in [0.15, 0.2) is 0 Å². The number of thiol groups is 1. The molecule has 0 aliphatic heterocycles. The summed E-state index contributed by atoms with van der Waals surface area (Å²) in [6, 6.07) is 4.19. The van der Waals surface area contributed by atoms with Crippen molar-refractivity contribution < 1.29 is 64.1 Å². The van der Waals surface area contributed by atoms with Crippen LogP contribution >= 0.6 is 12.6 Å². The lowest BCUT2D eigenvalue weighted by Gasteiger charge is -2.25. The second kappa shape index (κ2) is 17.1. The summed E-state index contributed by atoms with van der Waals surface area (Å²) in [6.45, 7) is 4.58. The molecule has 0 heterocycles. The summed E-state index contributed by atoms with van der Waals surface area (Å²) >= 11 is 4.12. The lowest BCUT2D eigenvalue weighted by atomic mass is 9.98. The molecule has 8 nitrogen and oxygen atoms in total. The lowest BCUT2D eigenvalue weighted by molar-refractivity contribution is -0.193. The van der Waals surface area contributed by atoms with Crippen molar-refractivity contribution in [1.82, 2.24) is 10.6 Å². The Bertz CT molecular complexity index is 871. The van der Waals surface area contributed by atoms with Gasteiger partial charge in [-0.2, -0.15) is 52.1 Å². The van der Waals surface area contributed by atoms with Crippen LogP contribution < -0.4 is 16.4 Å². The monoisotopic (exact) mass is 605 g/mol. The Kier molecular flexibility index (Phi) is 16.8. The van der Waals surface area contributed by atoms with Gasteiger partial charge in [0.2, 0.25) is 5.91 Å². The molecule has 0 bridgehead atoms. The van der Waals surface area contributed by atoms with E-state index in [1.807, 2.05) is 13.8 Å². The van der Waals surface area contributed by atoms with Crippen LogP contribution in [0.25, 0.3) is 0 Å². The van der Waals surface area contributed by atoms with Gasteiger partial charge in [-0.25, -0.2) is 9.59 Å². The molecule has 3 atom stereocenters. The van der Waals surface area contributed by atoms with Crippen LogP contribution in [-0.2, 0) is 27.1 Å². The number of halogens is 9. The zero-order valence-corrected chi connectivity index (χ0v) is 21.3. The molecule has 1 aromatic carbocycles. The number of nitrogens with one attached hydrogen (secondary N) is 2. The second-order valence-electron chi connectivity index (χ2n) is 7.73. The molecule has 0 saturated carbocycles. The number of carbonyl (C=O) groups excluding carboxylic acids is 1. The van der Waals surface area contributed by atoms with Gasteiger partial charge in [0.1, 0.15) is 0 Å². The molecule has 1 aromatic rings. The molecule has 0 fully saturated rings. The van der Waals surface area contributed by atoms with Crippen LogP contribution in [0.15, 0.2) is 24.3 Å². The predicted octanol–water partition coefficient (Wildman–Crippen LogP) is 3.85. The fourth-order valence-electron chi connectivity index (χ4n) is 2.24. The Hall–Kier alpha value is -2.73. The van der Waals surface area contributed by atoms with Crippen LogP contribution in [0.1, 0.15) is 31.4 Å². The summed E-state index contributed by atoms with van der Waals surface area (Å²) in [5.74, 6) is -5.10. The Morgan fingerprint density at radius 2 is 1.33 bits per heavy atom. The summed E-state index contributed by atoms with van der Waals surface area (Å²) in [6.07, 6.45) is -13.7. The van der Waals surface area contributed by atoms with Gasteiger partial charge in [0.25, 0.3) is 0 Å². The van der Waals surface area contributed by atoms with Crippen molar-refractivity contribution >= 4 is 30.5 Å². The number of hydrogen-bond acceptors (Lipinski definition) is 6. The van der Waals surface area contributed by atoms with Crippen LogP contribution in [0, 0.1) is 5.92 Å². The molecule has 0 radical (unpaired) electrons. The first-order valence-corrected chi connectivity index (χ1v) is 11.3. The van der Waals surface area contributed by atoms with Gasteiger partial charge in [-0.3, -0.25) is 4.79 Å². The summed E-state index contributed by atoms with van der Waals surface area (Å²) in [7, 11) is 0. The topological polar surface area (TPSA) is 142 Å². The van der Waals surface area contributed by atoms with Crippen LogP contribution in [0.2, 0.25) is 0 Å². The SMILES string of the molecule is CC[C@H](C)[C@H](NC[C@@H](N)CS)C(=O)NCc1ccc(C(F)(F)F)cc1.O=C(O)C(F)(F)F.O=C(O)C(F)(F)F. The van der Waals surface area contributed by atoms with E-state index in [0.717, 1.165) is 18.6 Å². The highest BCUT2D eigenvalue weighted by molar-refractivity contribution is 7.80. The van der Waals surface area contributed by atoms with Crippen molar-refractivity contribution in [2.24, 2.45) is 11.7 Å². The highest BCUT2D eigenvalue weighted by Crippen LogP contribution is 2.29. The molecule has 0 aliphatic carbocycles. The standard InChI is InChI=1S/C17H26F3N3OS.2C2HF3O2/c1-3-11(2)15(22-9-14(21)10-25)16(24)23-8-12-4-6-13(7-5-12)17(18,19)20;2*3-2(4,5)1(6)7/h4-7,11,14-15,22,25H,3,8-10,21H2,1-2H3,(H,23,24);2*(H,6,7)/t11-,14+,15-;;/m0../s1. The van der Waals surface area contributed by atoms with Crippen LogP contribution in [0.3, 0.4) is 0 Å². The van der Waals surface area contributed by atoms with E-state index >= 15 is 0 Å². The van der Waals surface area contributed by atoms with E-state index in [-0.39, 0.29) is 24.4 Å². The van der Waals surface area contributed by atoms with Gasteiger partial charge in [-0.15, -0.1) is 0 Å². The number of benzene rings is 1. The van der Waals surface area contributed by atoms with Gasteiger partial charge in [0, 0.05) is 24.9 Å². The van der Waals surface area contributed by atoms with Crippen LogP contribution in [-0.4, -0.2) is 64.8 Å². The van der Waals surface area contributed by atoms with Gasteiger partial charge in [0.05, 0.1) is 11.6 Å². The third-order valence-corrected chi connectivity index (χ3v) is 5.03. The third-order valence-electron chi connectivity index (χ3n) is 4.56. The molecule has 0 aliphatic rings. The molecule has 0 spiro atoms. The number of alkyl halides is 9. The molecule has 6 N–H and O–H groups in total. The van der Waals surface area contributed by atoms with Crippen molar-refractivity contribution in [3.05, 3.63) is 35.4 Å². The number of nitrogens with two attached hydrogens (primary N) is 1. The molecule has 0 unspecified atom stereocenters. The molecule has 226 valence electrons. The minimum atomic E-state index is -5.08. The van der Waals surface area contributed by atoms with Crippen molar-refractivity contribution in [1.29, 1.82) is 0 Å². The fourth-order valence-corrected chi connectivity index (χ4v) is 2.37. The smallest absolute Gasteiger partial charge is 0.475 e.